The number of nitrogens with zero attached hydrogens (tertiary/aromatic N) is 4. The van der Waals surface area contributed by atoms with Gasteiger partial charge >= 0.3 is 6.18 Å². The van der Waals surface area contributed by atoms with E-state index in [2.05, 4.69) is 25.3 Å². The fourth-order valence-electron chi connectivity index (χ4n) is 3.95. The normalized spacial score (nSPS) is 18.4. The molecule has 3 aromatic rings. The van der Waals surface area contributed by atoms with E-state index in [9.17, 15) is 23.2 Å². The molecule has 4 rings (SSSR count). The number of nitrogens with one attached hydrogen (secondary N) is 3. The molecule has 34 heavy (non-hydrogen) atoms. The molecular weight excluding hydrogens is 447 g/mol. The molecule has 2 unspecified atom stereocenters. The lowest BCUT2D eigenvalue weighted by Crippen LogP contribution is -2.30. The molecule has 0 spiro atoms. The predicted molar refractivity (Wildman–Crippen MR) is 118 cm³/mol. The zero-order valence-corrected chi connectivity index (χ0v) is 18.0. The van der Waals surface area contributed by atoms with Crippen molar-refractivity contribution >= 4 is 11.5 Å². The van der Waals surface area contributed by atoms with E-state index in [1.165, 1.54) is 6.07 Å². The van der Waals surface area contributed by atoms with Crippen molar-refractivity contribution < 1.29 is 13.2 Å². The van der Waals surface area contributed by atoms with Crippen LogP contribution in [0.15, 0.2) is 47.5 Å². The molecule has 8 nitrogen and oxygen atoms in total. The SMILES string of the molecule is C[C@H](Nc1nc(C2CCC2c2ccccn2)[nH]c(=O)c1C(=N)C#N)c1ccc(C(F)(F)F)nc1. The Balaban J connectivity index is 1.67. The van der Waals surface area contributed by atoms with E-state index < -0.39 is 29.2 Å². The number of rotatable bonds is 6. The third-order valence-corrected chi connectivity index (χ3v) is 5.92. The quantitative estimate of drug-likeness (QED) is 0.463. The number of aromatic amines is 1. The lowest BCUT2D eigenvalue weighted by atomic mass is 9.71. The van der Waals surface area contributed by atoms with Crippen LogP contribution in [0, 0.1) is 16.7 Å². The average Bonchev–Trinajstić information content (AvgIpc) is 2.78. The minimum atomic E-state index is -4.56. The van der Waals surface area contributed by atoms with Crippen LogP contribution in [0.1, 0.15) is 66.0 Å². The average molecular weight is 467 g/mol. The summed E-state index contributed by atoms with van der Waals surface area (Å²) < 4.78 is 38.5. The highest BCUT2D eigenvalue weighted by molar-refractivity contribution is 6.12. The maximum atomic E-state index is 12.8. The second kappa shape index (κ2) is 9.05. The first-order valence-corrected chi connectivity index (χ1v) is 10.5. The van der Waals surface area contributed by atoms with E-state index in [0.717, 1.165) is 30.8 Å². The second-order valence-corrected chi connectivity index (χ2v) is 8.05. The minimum Gasteiger partial charge on any atom is -0.363 e. The lowest BCUT2D eigenvalue weighted by Gasteiger charge is -2.35. The molecule has 1 aliphatic carbocycles. The van der Waals surface area contributed by atoms with Crippen molar-refractivity contribution in [3.05, 3.63) is 81.4 Å². The molecule has 3 atom stereocenters. The number of pyridine rings is 2. The highest BCUT2D eigenvalue weighted by Gasteiger charge is 2.37. The molecule has 3 aromatic heterocycles. The first kappa shape index (κ1) is 23.1. The Morgan fingerprint density at radius 2 is 2.00 bits per heavy atom. The summed E-state index contributed by atoms with van der Waals surface area (Å²) in [6, 6.07) is 8.81. The van der Waals surface area contributed by atoms with Gasteiger partial charge in [-0.2, -0.15) is 18.4 Å². The molecule has 0 amide bonds. The summed E-state index contributed by atoms with van der Waals surface area (Å²) in [6.45, 7) is 1.66. The van der Waals surface area contributed by atoms with Crippen molar-refractivity contribution in [2.75, 3.05) is 5.32 Å². The number of H-pyrrole nitrogens is 1. The Hall–Kier alpha value is -4.07. The molecule has 3 heterocycles. The van der Waals surface area contributed by atoms with E-state index in [1.54, 1.807) is 19.2 Å². The summed E-state index contributed by atoms with van der Waals surface area (Å²) in [6.07, 6.45) is -0.118. The molecule has 0 aliphatic heterocycles. The summed E-state index contributed by atoms with van der Waals surface area (Å²) >= 11 is 0. The van der Waals surface area contributed by atoms with Gasteiger partial charge in [-0.1, -0.05) is 12.1 Å². The Kier molecular flexibility index (Phi) is 6.15. The second-order valence-electron chi connectivity index (χ2n) is 8.05. The smallest absolute Gasteiger partial charge is 0.363 e. The van der Waals surface area contributed by atoms with Gasteiger partial charge < -0.3 is 10.3 Å². The van der Waals surface area contributed by atoms with Gasteiger partial charge in [0.15, 0.2) is 0 Å². The summed E-state index contributed by atoms with van der Waals surface area (Å²) in [5.41, 5.74) is -1.15. The van der Waals surface area contributed by atoms with E-state index >= 15 is 0 Å². The maximum Gasteiger partial charge on any atom is 0.433 e. The Labute approximate surface area is 192 Å². The van der Waals surface area contributed by atoms with Crippen LogP contribution in [-0.2, 0) is 6.18 Å². The van der Waals surface area contributed by atoms with Crippen molar-refractivity contribution in [1.29, 1.82) is 10.7 Å². The first-order chi connectivity index (χ1) is 16.2. The zero-order valence-electron chi connectivity index (χ0n) is 18.0. The number of nitriles is 1. The van der Waals surface area contributed by atoms with E-state index in [4.69, 9.17) is 5.41 Å². The van der Waals surface area contributed by atoms with Crippen LogP contribution in [0.5, 0.6) is 0 Å². The van der Waals surface area contributed by atoms with Crippen LogP contribution in [0.3, 0.4) is 0 Å². The maximum absolute atomic E-state index is 12.8. The van der Waals surface area contributed by atoms with Crippen molar-refractivity contribution in [1.82, 2.24) is 19.9 Å². The van der Waals surface area contributed by atoms with Crippen LogP contribution in [0.25, 0.3) is 0 Å². The van der Waals surface area contributed by atoms with Gasteiger partial charge in [0.05, 0.1) is 6.04 Å². The summed E-state index contributed by atoms with van der Waals surface area (Å²) in [7, 11) is 0. The predicted octanol–water partition coefficient (Wildman–Crippen LogP) is 4.30. The molecule has 3 N–H and O–H groups in total. The van der Waals surface area contributed by atoms with E-state index in [-0.39, 0.29) is 23.2 Å². The standard InChI is InChI=1S/C23H20F3N7O/c1-12(13-5-8-18(30-11-13)23(24,25)26)31-21-19(16(28)10-27)22(34)33-20(32-21)15-7-6-14(15)17-4-2-3-9-29-17/h2-5,8-9,11-12,14-15,28H,6-7H2,1H3,(H2,31,32,33,34)/t12-,14?,15?/m0/s1. The molecule has 174 valence electrons. The van der Waals surface area contributed by atoms with Crippen LogP contribution >= 0.6 is 0 Å². The van der Waals surface area contributed by atoms with E-state index in [0.29, 0.717) is 11.4 Å². The highest BCUT2D eigenvalue weighted by atomic mass is 19.4. The minimum absolute atomic E-state index is 0.0179. The Morgan fingerprint density at radius 1 is 1.24 bits per heavy atom. The number of anilines is 1. The number of hydrogen-bond acceptors (Lipinski definition) is 7. The van der Waals surface area contributed by atoms with E-state index in [1.807, 2.05) is 18.2 Å². The van der Waals surface area contributed by atoms with Gasteiger partial charge in [0.25, 0.3) is 5.56 Å². The van der Waals surface area contributed by atoms with Crippen molar-refractivity contribution in [2.24, 2.45) is 0 Å². The van der Waals surface area contributed by atoms with Gasteiger partial charge in [-0.15, -0.1) is 0 Å². The van der Waals surface area contributed by atoms with Crippen LogP contribution in [0.2, 0.25) is 0 Å². The monoisotopic (exact) mass is 467 g/mol. The molecule has 1 fully saturated rings. The molecule has 1 saturated carbocycles. The fraction of sp³-hybridized carbons (Fsp3) is 0.304. The van der Waals surface area contributed by atoms with Crippen LogP contribution < -0.4 is 10.9 Å². The van der Waals surface area contributed by atoms with Gasteiger partial charge in [0, 0.05) is 29.9 Å². The number of halogens is 3. The van der Waals surface area contributed by atoms with Crippen LogP contribution in [0.4, 0.5) is 19.0 Å². The highest BCUT2D eigenvalue weighted by Crippen LogP contribution is 2.47. The molecular formula is C23H20F3N7O. The molecule has 0 radical (unpaired) electrons. The van der Waals surface area contributed by atoms with Crippen LogP contribution in [-0.4, -0.2) is 25.6 Å². The largest absolute Gasteiger partial charge is 0.433 e. The van der Waals surface area contributed by atoms with Gasteiger partial charge in [0.2, 0.25) is 0 Å². The fourth-order valence-corrected chi connectivity index (χ4v) is 3.95. The summed E-state index contributed by atoms with van der Waals surface area (Å²) in [4.78, 5) is 27.9. The molecule has 0 saturated heterocycles. The van der Waals surface area contributed by atoms with Gasteiger partial charge in [-0.25, -0.2) is 4.98 Å². The van der Waals surface area contributed by atoms with Crippen molar-refractivity contribution in [3.8, 4) is 6.07 Å². The first-order valence-electron chi connectivity index (χ1n) is 10.5. The van der Waals surface area contributed by atoms with Crippen molar-refractivity contribution in [2.45, 2.75) is 43.8 Å². The number of hydrogen-bond donors (Lipinski definition) is 3. The van der Waals surface area contributed by atoms with Crippen molar-refractivity contribution in [3.63, 3.8) is 0 Å². The van der Waals surface area contributed by atoms with Gasteiger partial charge in [-0.3, -0.25) is 20.2 Å². The third kappa shape index (κ3) is 4.52. The molecule has 0 bridgehead atoms. The number of aromatic nitrogens is 4. The lowest BCUT2D eigenvalue weighted by molar-refractivity contribution is -0.141. The third-order valence-electron chi connectivity index (χ3n) is 5.92. The topological polar surface area (TPSA) is 131 Å². The molecule has 1 aliphatic rings. The zero-order chi connectivity index (χ0) is 24.5. The molecule has 0 aromatic carbocycles. The summed E-state index contributed by atoms with van der Waals surface area (Å²) in [5.74, 6) is 0.387. The summed E-state index contributed by atoms with van der Waals surface area (Å²) in [5, 5.41) is 20.1. The van der Waals surface area contributed by atoms with Gasteiger partial charge in [-0.05, 0) is 43.5 Å². The van der Waals surface area contributed by atoms with Gasteiger partial charge in [0.1, 0.15) is 34.7 Å². The Bertz CT molecular complexity index is 1300. The number of alkyl halides is 3. The molecule has 11 heteroatoms. The Morgan fingerprint density at radius 3 is 2.56 bits per heavy atom.